The Morgan fingerprint density at radius 1 is 1.20 bits per heavy atom. The van der Waals surface area contributed by atoms with Gasteiger partial charge in [0.25, 0.3) is 0 Å². The lowest BCUT2D eigenvalue weighted by Gasteiger charge is -2.35. The summed E-state index contributed by atoms with van der Waals surface area (Å²) in [5.74, 6) is 0. The van der Waals surface area contributed by atoms with Crippen LogP contribution in [0.3, 0.4) is 0 Å². The van der Waals surface area contributed by atoms with Gasteiger partial charge in [-0.05, 0) is 37.1 Å². The zero-order valence-corrected chi connectivity index (χ0v) is 13.1. The number of urea groups is 1. The van der Waals surface area contributed by atoms with E-state index in [9.17, 15) is 18.0 Å². The summed E-state index contributed by atoms with van der Waals surface area (Å²) in [6.45, 7) is 0. The number of benzene rings is 1. The first-order valence-electron chi connectivity index (χ1n) is 7.99. The van der Waals surface area contributed by atoms with Gasteiger partial charge in [-0.3, -0.25) is 0 Å². The lowest BCUT2D eigenvalue weighted by molar-refractivity contribution is -0.137. The van der Waals surface area contributed by atoms with Crippen LogP contribution < -0.4 is 5.32 Å². The third-order valence-electron chi connectivity index (χ3n) is 4.82. The van der Waals surface area contributed by atoms with Crippen molar-refractivity contribution in [2.45, 2.75) is 37.5 Å². The zero-order chi connectivity index (χ0) is 17.6. The number of rotatable bonds is 1. The maximum Gasteiger partial charge on any atom is 0.416 e. The van der Waals surface area contributed by atoms with Crippen molar-refractivity contribution in [3.63, 3.8) is 0 Å². The van der Waals surface area contributed by atoms with Crippen LogP contribution in [0.5, 0.6) is 0 Å². The van der Waals surface area contributed by atoms with E-state index in [-0.39, 0.29) is 18.1 Å². The van der Waals surface area contributed by atoms with Crippen LogP contribution in [0.25, 0.3) is 0 Å². The van der Waals surface area contributed by atoms with Gasteiger partial charge in [-0.1, -0.05) is 0 Å². The number of hydrogen-bond acceptors (Lipinski definition) is 3. The molecule has 5 nitrogen and oxygen atoms in total. The number of hydrogen-bond donors (Lipinski definition) is 1. The summed E-state index contributed by atoms with van der Waals surface area (Å²) < 4.78 is 37.9. The molecule has 8 heteroatoms. The second kappa shape index (κ2) is 5.72. The molecule has 4 rings (SSSR count). The lowest BCUT2D eigenvalue weighted by Crippen LogP contribution is -2.44. The Hall–Kier alpha value is -2.64. The minimum atomic E-state index is -4.39. The summed E-state index contributed by atoms with van der Waals surface area (Å²) in [4.78, 5) is 22.8. The van der Waals surface area contributed by atoms with Gasteiger partial charge in [-0.25, -0.2) is 14.8 Å². The Morgan fingerprint density at radius 2 is 1.96 bits per heavy atom. The molecule has 0 radical (unpaired) electrons. The minimum absolute atomic E-state index is 0.0573. The van der Waals surface area contributed by atoms with E-state index in [0.29, 0.717) is 12.1 Å². The Labute approximate surface area is 141 Å². The Bertz CT molecular complexity index is 806. The van der Waals surface area contributed by atoms with Crippen molar-refractivity contribution in [1.82, 2.24) is 14.9 Å². The topological polar surface area (TPSA) is 58.1 Å². The van der Waals surface area contributed by atoms with Crippen LogP contribution in [0.1, 0.15) is 35.7 Å². The number of amides is 2. The summed E-state index contributed by atoms with van der Waals surface area (Å²) in [5.41, 5.74) is 1.53. The minimum Gasteiger partial charge on any atom is -0.314 e. The summed E-state index contributed by atoms with van der Waals surface area (Å²) in [7, 11) is 0. The van der Waals surface area contributed by atoms with Crippen LogP contribution in [0.4, 0.5) is 23.7 Å². The molecule has 1 saturated heterocycles. The highest BCUT2D eigenvalue weighted by Gasteiger charge is 2.43. The molecule has 2 aliphatic heterocycles. The van der Waals surface area contributed by atoms with Gasteiger partial charge >= 0.3 is 12.2 Å². The molecule has 3 heterocycles. The molecule has 0 spiro atoms. The van der Waals surface area contributed by atoms with Gasteiger partial charge in [0.2, 0.25) is 0 Å². The Kier molecular flexibility index (Phi) is 3.63. The number of fused-ring (bicyclic) bond motifs is 4. The first-order valence-corrected chi connectivity index (χ1v) is 7.99. The predicted molar refractivity (Wildman–Crippen MR) is 83.8 cm³/mol. The van der Waals surface area contributed by atoms with Crippen LogP contribution in [-0.4, -0.2) is 26.9 Å². The zero-order valence-electron chi connectivity index (χ0n) is 13.1. The molecule has 2 aliphatic rings. The molecule has 0 saturated carbocycles. The number of nitrogens with zero attached hydrogens (tertiary/aromatic N) is 3. The maximum absolute atomic E-state index is 12.7. The number of alkyl halides is 3. The molecule has 2 aromatic rings. The van der Waals surface area contributed by atoms with E-state index in [0.717, 1.165) is 36.2 Å². The van der Waals surface area contributed by atoms with Crippen molar-refractivity contribution in [2.24, 2.45) is 0 Å². The highest BCUT2D eigenvalue weighted by molar-refractivity contribution is 5.90. The largest absolute Gasteiger partial charge is 0.416 e. The molecule has 2 bridgehead atoms. The van der Waals surface area contributed by atoms with Crippen molar-refractivity contribution >= 4 is 11.7 Å². The molecule has 0 aliphatic carbocycles. The van der Waals surface area contributed by atoms with Gasteiger partial charge < -0.3 is 10.2 Å². The molecule has 2 atom stereocenters. The van der Waals surface area contributed by atoms with Gasteiger partial charge in [-0.2, -0.15) is 13.2 Å². The monoisotopic (exact) mass is 348 g/mol. The first-order chi connectivity index (χ1) is 11.9. The van der Waals surface area contributed by atoms with E-state index in [4.69, 9.17) is 0 Å². The first kappa shape index (κ1) is 15.9. The van der Waals surface area contributed by atoms with Crippen molar-refractivity contribution in [1.29, 1.82) is 0 Å². The molecule has 2 amide bonds. The number of halogens is 3. The van der Waals surface area contributed by atoms with E-state index in [1.54, 1.807) is 11.1 Å². The highest BCUT2D eigenvalue weighted by Crippen LogP contribution is 2.43. The van der Waals surface area contributed by atoms with Crippen molar-refractivity contribution in [3.05, 3.63) is 53.6 Å². The average Bonchev–Trinajstić information content (AvgIpc) is 2.90. The average molecular weight is 348 g/mol. The van der Waals surface area contributed by atoms with Gasteiger partial charge in [0.1, 0.15) is 6.33 Å². The number of anilines is 1. The molecule has 1 fully saturated rings. The number of aromatic nitrogens is 2. The summed E-state index contributed by atoms with van der Waals surface area (Å²) >= 11 is 0. The normalized spacial score (nSPS) is 21.8. The van der Waals surface area contributed by atoms with Crippen molar-refractivity contribution < 1.29 is 18.0 Å². The molecule has 130 valence electrons. The second-order valence-corrected chi connectivity index (χ2v) is 6.29. The number of nitrogens with one attached hydrogen (secondary N) is 1. The van der Waals surface area contributed by atoms with Crippen LogP contribution in [0, 0.1) is 0 Å². The molecule has 25 heavy (non-hydrogen) atoms. The molecule has 0 unspecified atom stereocenters. The van der Waals surface area contributed by atoms with E-state index in [2.05, 4.69) is 15.3 Å². The third kappa shape index (κ3) is 2.81. The molecule has 1 aromatic carbocycles. The van der Waals surface area contributed by atoms with Gasteiger partial charge in [0.05, 0.1) is 17.3 Å². The van der Waals surface area contributed by atoms with E-state index in [1.165, 1.54) is 18.5 Å². The lowest BCUT2D eigenvalue weighted by atomic mass is 10.00. The van der Waals surface area contributed by atoms with Crippen LogP contribution >= 0.6 is 0 Å². The van der Waals surface area contributed by atoms with Gasteiger partial charge in [0, 0.05) is 29.9 Å². The predicted octanol–water partition coefficient (Wildman–Crippen LogP) is 3.79. The molecular weight excluding hydrogens is 333 g/mol. The summed E-state index contributed by atoms with van der Waals surface area (Å²) in [6.07, 6.45) is 1.25. The fourth-order valence-electron chi connectivity index (χ4n) is 3.66. The number of carbonyl (C=O) groups is 1. The van der Waals surface area contributed by atoms with Crippen LogP contribution in [0.15, 0.2) is 36.8 Å². The van der Waals surface area contributed by atoms with Crippen molar-refractivity contribution in [2.75, 3.05) is 5.32 Å². The SMILES string of the molecule is O=C(Nc1ccc(C(F)(F)F)cc1)N1[C@H]2CC[C@@H]1c1cncnc1C2. The Morgan fingerprint density at radius 3 is 2.68 bits per heavy atom. The fourth-order valence-corrected chi connectivity index (χ4v) is 3.66. The van der Waals surface area contributed by atoms with Crippen LogP contribution in [-0.2, 0) is 12.6 Å². The highest BCUT2D eigenvalue weighted by atomic mass is 19.4. The maximum atomic E-state index is 12.7. The van der Waals surface area contributed by atoms with E-state index >= 15 is 0 Å². The third-order valence-corrected chi connectivity index (χ3v) is 4.82. The van der Waals surface area contributed by atoms with E-state index in [1.807, 2.05) is 0 Å². The van der Waals surface area contributed by atoms with Crippen LogP contribution in [0.2, 0.25) is 0 Å². The number of carbonyl (C=O) groups excluding carboxylic acids is 1. The van der Waals surface area contributed by atoms with E-state index < -0.39 is 11.7 Å². The Balaban J connectivity index is 1.53. The van der Waals surface area contributed by atoms with Gasteiger partial charge in [0.15, 0.2) is 0 Å². The summed E-state index contributed by atoms with van der Waals surface area (Å²) in [5, 5.41) is 2.70. The van der Waals surface area contributed by atoms with Crippen molar-refractivity contribution in [3.8, 4) is 0 Å². The smallest absolute Gasteiger partial charge is 0.314 e. The standard InChI is InChI=1S/C17H15F3N4O/c18-17(19,20)10-1-3-11(4-2-10)23-16(25)24-12-5-6-15(24)13-8-21-9-22-14(13)7-12/h1-4,8-9,12,15H,5-7H2,(H,23,25)/t12-,15+/m0/s1. The quantitative estimate of drug-likeness (QED) is 0.853. The molecule has 1 aromatic heterocycles. The summed E-state index contributed by atoms with van der Waals surface area (Å²) in [6, 6.07) is 4.13. The molecule has 1 N–H and O–H groups in total. The van der Waals surface area contributed by atoms with Gasteiger partial charge in [-0.15, -0.1) is 0 Å². The second-order valence-electron chi connectivity index (χ2n) is 6.29. The fraction of sp³-hybridized carbons (Fsp3) is 0.353. The molecular formula is C17H15F3N4O.